The molecule has 1 aliphatic heterocycles. The molecule has 29 heavy (non-hydrogen) atoms. The number of anilines is 1. The van der Waals surface area contributed by atoms with Gasteiger partial charge in [0.1, 0.15) is 11.6 Å². The van der Waals surface area contributed by atoms with Crippen molar-refractivity contribution in [2.45, 2.75) is 0 Å². The van der Waals surface area contributed by atoms with Crippen LogP contribution in [0.1, 0.15) is 5.56 Å². The van der Waals surface area contributed by atoms with Gasteiger partial charge in [-0.2, -0.15) is 0 Å². The van der Waals surface area contributed by atoms with Gasteiger partial charge < -0.3 is 15.1 Å². The number of hydrogen-bond donors (Lipinski definition) is 2. The number of hydrogen-bond acceptors (Lipinski definition) is 2. The Morgan fingerprint density at radius 2 is 1.90 bits per heavy atom. The van der Waals surface area contributed by atoms with E-state index in [4.69, 9.17) is 11.6 Å². The van der Waals surface area contributed by atoms with Crippen molar-refractivity contribution in [3.05, 3.63) is 70.8 Å². The van der Waals surface area contributed by atoms with Gasteiger partial charge in [-0.15, -0.1) is 0 Å². The number of benzene rings is 2. The van der Waals surface area contributed by atoms with Crippen LogP contribution in [-0.2, 0) is 9.59 Å². The van der Waals surface area contributed by atoms with Gasteiger partial charge in [-0.25, -0.2) is 8.78 Å². The first kappa shape index (κ1) is 21.0. The topological polar surface area (TPSA) is 53.9 Å². The van der Waals surface area contributed by atoms with Crippen LogP contribution in [0.4, 0.5) is 14.5 Å². The van der Waals surface area contributed by atoms with E-state index in [2.05, 4.69) is 5.32 Å². The van der Waals surface area contributed by atoms with E-state index >= 15 is 0 Å². The number of carbonyl (C=O) groups excluding carboxylic acids is 2. The molecule has 2 aromatic carbocycles. The van der Waals surface area contributed by atoms with Crippen molar-refractivity contribution in [2.75, 3.05) is 38.0 Å². The quantitative estimate of drug-likeness (QED) is 0.727. The maximum Gasteiger partial charge on any atom is 0.279 e. The van der Waals surface area contributed by atoms with E-state index < -0.39 is 11.6 Å². The van der Waals surface area contributed by atoms with Crippen LogP contribution in [0.25, 0.3) is 6.08 Å². The van der Waals surface area contributed by atoms with Crippen molar-refractivity contribution in [1.82, 2.24) is 4.90 Å². The molecule has 0 saturated carbocycles. The zero-order valence-electron chi connectivity index (χ0n) is 15.6. The summed E-state index contributed by atoms with van der Waals surface area (Å²) in [6.07, 6.45) is 3.03. The van der Waals surface area contributed by atoms with E-state index in [0.29, 0.717) is 37.4 Å². The van der Waals surface area contributed by atoms with Crippen molar-refractivity contribution in [3.8, 4) is 0 Å². The largest absolute Gasteiger partial charge is 0.328 e. The molecule has 0 aromatic heterocycles. The fraction of sp³-hybridized carbons (Fsp3) is 0.238. The molecular weight excluding hydrogens is 400 g/mol. The minimum atomic E-state index is -0.504. The molecule has 2 N–H and O–H groups in total. The first-order chi connectivity index (χ1) is 13.9. The highest BCUT2D eigenvalue weighted by atomic mass is 35.5. The molecule has 3 rings (SSSR count). The van der Waals surface area contributed by atoms with E-state index in [9.17, 15) is 18.4 Å². The van der Waals surface area contributed by atoms with Gasteiger partial charge in [-0.05, 0) is 42.0 Å². The van der Waals surface area contributed by atoms with Gasteiger partial charge in [0.2, 0.25) is 5.91 Å². The fourth-order valence-electron chi connectivity index (χ4n) is 3.11. The molecule has 2 amide bonds. The van der Waals surface area contributed by atoms with Crippen LogP contribution in [0, 0.1) is 11.6 Å². The van der Waals surface area contributed by atoms with Crippen molar-refractivity contribution in [3.63, 3.8) is 0 Å². The SMILES string of the molecule is O=C(C[NH+]1CCN(C(=O)/C=C/c2ccc(F)c(Cl)c2)CC1)Nc1cccc(F)c1. The number of nitrogens with zero attached hydrogens (tertiary/aromatic N) is 1. The second kappa shape index (κ2) is 9.62. The Morgan fingerprint density at radius 3 is 2.59 bits per heavy atom. The molecule has 8 heteroatoms. The lowest BCUT2D eigenvalue weighted by molar-refractivity contribution is -0.895. The number of nitrogens with one attached hydrogen (secondary N) is 2. The minimum absolute atomic E-state index is 0.00771. The van der Waals surface area contributed by atoms with Crippen LogP contribution in [0.5, 0.6) is 0 Å². The molecule has 2 aromatic rings. The molecule has 5 nitrogen and oxygen atoms in total. The summed E-state index contributed by atoms with van der Waals surface area (Å²) in [5.41, 5.74) is 1.07. The molecule has 1 heterocycles. The third-order valence-corrected chi connectivity index (χ3v) is 4.95. The standard InChI is InChI=1S/C21H20ClF2N3O2/c22-18-12-15(4-6-19(18)24)5-7-21(29)27-10-8-26(9-11-27)14-20(28)25-17-3-1-2-16(23)13-17/h1-7,12-13H,8-11,14H2,(H,25,28)/p+1/b7-5+. The summed E-state index contributed by atoms with van der Waals surface area (Å²) in [5.74, 6) is -1.25. The first-order valence-corrected chi connectivity index (χ1v) is 9.59. The Balaban J connectivity index is 1.45. The van der Waals surface area contributed by atoms with Crippen molar-refractivity contribution in [1.29, 1.82) is 0 Å². The zero-order chi connectivity index (χ0) is 20.8. The molecule has 152 valence electrons. The molecule has 0 radical (unpaired) electrons. The number of carbonyl (C=O) groups is 2. The highest BCUT2D eigenvalue weighted by molar-refractivity contribution is 6.30. The average molecular weight is 421 g/mol. The predicted molar refractivity (Wildman–Crippen MR) is 108 cm³/mol. The highest BCUT2D eigenvalue weighted by Crippen LogP contribution is 2.17. The summed E-state index contributed by atoms with van der Waals surface area (Å²) < 4.78 is 26.4. The molecule has 1 aliphatic rings. The lowest BCUT2D eigenvalue weighted by Gasteiger charge is -2.31. The third-order valence-electron chi connectivity index (χ3n) is 4.66. The van der Waals surface area contributed by atoms with Crippen LogP contribution in [-0.4, -0.2) is 49.4 Å². The summed E-state index contributed by atoms with van der Waals surface area (Å²) in [6, 6.07) is 10.0. The number of halogens is 3. The molecule has 1 saturated heterocycles. The maximum atomic E-state index is 13.2. The van der Waals surface area contributed by atoms with Crippen LogP contribution < -0.4 is 10.2 Å². The van der Waals surface area contributed by atoms with Gasteiger partial charge in [-0.3, -0.25) is 9.59 Å². The molecule has 0 aliphatic carbocycles. The first-order valence-electron chi connectivity index (χ1n) is 9.22. The van der Waals surface area contributed by atoms with Crippen LogP contribution in [0.3, 0.4) is 0 Å². The second-order valence-electron chi connectivity index (χ2n) is 6.82. The summed E-state index contributed by atoms with van der Waals surface area (Å²) >= 11 is 5.74. The molecule has 0 bridgehead atoms. The Kier molecular flexibility index (Phi) is 6.95. The number of amides is 2. The monoisotopic (exact) mass is 420 g/mol. The van der Waals surface area contributed by atoms with Gasteiger partial charge >= 0.3 is 0 Å². The highest BCUT2D eigenvalue weighted by Gasteiger charge is 2.24. The third kappa shape index (κ3) is 6.10. The predicted octanol–water partition coefficient (Wildman–Crippen LogP) is 2.00. The zero-order valence-corrected chi connectivity index (χ0v) is 16.4. The van der Waals surface area contributed by atoms with Crippen LogP contribution in [0.15, 0.2) is 48.5 Å². The Hall–Kier alpha value is -2.77. The molecule has 1 fully saturated rings. The van der Waals surface area contributed by atoms with Crippen molar-refractivity contribution in [2.24, 2.45) is 0 Å². The Labute approximate surface area is 172 Å². The lowest BCUT2D eigenvalue weighted by atomic mass is 10.2. The number of piperazine rings is 1. The molecule has 0 atom stereocenters. The van der Waals surface area contributed by atoms with E-state index in [0.717, 1.165) is 4.90 Å². The minimum Gasteiger partial charge on any atom is -0.328 e. The van der Waals surface area contributed by atoms with Crippen molar-refractivity contribution < 1.29 is 23.3 Å². The van der Waals surface area contributed by atoms with Gasteiger partial charge in [0.05, 0.1) is 31.2 Å². The molecule has 0 unspecified atom stereocenters. The van der Waals surface area contributed by atoms with Gasteiger partial charge in [-0.1, -0.05) is 23.7 Å². The average Bonchev–Trinajstić information content (AvgIpc) is 2.69. The summed E-state index contributed by atoms with van der Waals surface area (Å²) in [5, 5.41) is 2.69. The van der Waals surface area contributed by atoms with Gasteiger partial charge in [0.15, 0.2) is 6.54 Å². The van der Waals surface area contributed by atoms with Crippen LogP contribution in [0.2, 0.25) is 5.02 Å². The van der Waals surface area contributed by atoms with Crippen molar-refractivity contribution >= 4 is 35.2 Å². The van der Waals surface area contributed by atoms with E-state index in [-0.39, 0.29) is 23.4 Å². The van der Waals surface area contributed by atoms with Gasteiger partial charge in [0, 0.05) is 11.8 Å². The summed E-state index contributed by atoms with van der Waals surface area (Å²) in [7, 11) is 0. The lowest BCUT2D eigenvalue weighted by Crippen LogP contribution is -3.15. The molecule has 0 spiro atoms. The summed E-state index contributed by atoms with van der Waals surface area (Å²) in [4.78, 5) is 27.2. The van der Waals surface area contributed by atoms with E-state index in [1.165, 1.54) is 36.4 Å². The maximum absolute atomic E-state index is 13.2. The number of quaternary nitrogens is 1. The fourth-order valence-corrected chi connectivity index (χ4v) is 3.30. The van der Waals surface area contributed by atoms with E-state index in [1.54, 1.807) is 23.1 Å². The van der Waals surface area contributed by atoms with Crippen LogP contribution >= 0.6 is 11.6 Å². The molecular formula is C21H21ClF2N3O2+. The van der Waals surface area contributed by atoms with E-state index in [1.807, 2.05) is 0 Å². The summed E-state index contributed by atoms with van der Waals surface area (Å²) in [6.45, 7) is 2.57. The number of rotatable bonds is 5. The normalized spacial score (nSPS) is 14.9. The Morgan fingerprint density at radius 1 is 1.14 bits per heavy atom. The smallest absolute Gasteiger partial charge is 0.279 e. The van der Waals surface area contributed by atoms with Gasteiger partial charge in [0.25, 0.3) is 5.91 Å². The Bertz CT molecular complexity index is 928. The second-order valence-corrected chi connectivity index (χ2v) is 7.22.